The highest BCUT2D eigenvalue weighted by Crippen LogP contribution is 2.27. The van der Waals surface area contributed by atoms with Crippen molar-refractivity contribution in [3.05, 3.63) is 311 Å². The molecule has 0 bridgehead atoms. The van der Waals surface area contributed by atoms with Gasteiger partial charge in [0.05, 0.1) is 30.9 Å². The van der Waals surface area contributed by atoms with Crippen LogP contribution >= 0.6 is 11.8 Å². The topological polar surface area (TPSA) is 233 Å². The molecule has 0 aliphatic rings. The number of ketones is 6. The number of hydrogen-bond donors (Lipinski definition) is 1. The summed E-state index contributed by atoms with van der Waals surface area (Å²) in [6, 6.07) is 72.8. The van der Waals surface area contributed by atoms with Gasteiger partial charge in [-0.05, 0) is 174 Å². The summed E-state index contributed by atoms with van der Waals surface area (Å²) in [6.07, 6.45) is 2.95. The minimum absolute atomic E-state index is 0.0154. The van der Waals surface area contributed by atoms with E-state index in [-0.39, 0.29) is 34.7 Å². The smallest absolute Gasteiger partial charge is 0.417 e. The van der Waals surface area contributed by atoms with Gasteiger partial charge in [0.15, 0.2) is 34.7 Å². The molecule has 1 aromatic heterocycles. The number of amides is 1. The van der Waals surface area contributed by atoms with Crippen molar-refractivity contribution in [2.24, 2.45) is 0 Å². The van der Waals surface area contributed by atoms with Crippen molar-refractivity contribution in [2.75, 3.05) is 19.5 Å². The zero-order valence-corrected chi connectivity index (χ0v) is 53.7. The Labute approximate surface area is 550 Å². The maximum Gasteiger partial charge on any atom is 0.417 e. The van der Waals surface area contributed by atoms with E-state index in [1.807, 2.05) is 91.0 Å². The van der Waals surface area contributed by atoms with E-state index >= 15 is 0 Å². The van der Waals surface area contributed by atoms with Gasteiger partial charge in [0, 0.05) is 61.3 Å². The Hall–Kier alpha value is -11.8. The predicted molar refractivity (Wildman–Crippen MR) is 363 cm³/mol. The molecular weight excluding hydrogens is 1210 g/mol. The van der Waals surface area contributed by atoms with Gasteiger partial charge in [-0.15, -0.1) is 0 Å². The highest BCUT2D eigenvalue weighted by Gasteiger charge is 2.12. The third-order valence-corrected chi connectivity index (χ3v) is 13.9. The first-order chi connectivity index (χ1) is 45.1. The van der Waals surface area contributed by atoms with Crippen LogP contribution in [0, 0.1) is 0 Å². The first kappa shape index (κ1) is 72.9. The van der Waals surface area contributed by atoms with E-state index in [0.717, 1.165) is 27.1 Å². The summed E-state index contributed by atoms with van der Waals surface area (Å²) in [4.78, 5) is 118. The quantitative estimate of drug-likeness (QED) is 0.0571. The fourth-order valence-corrected chi connectivity index (χ4v) is 8.63. The van der Waals surface area contributed by atoms with E-state index in [1.165, 1.54) is 52.9 Å². The average molecular weight is 1280 g/mol. The number of rotatable bonds is 15. The average Bonchev–Trinajstić information content (AvgIpc) is 1.30. The van der Waals surface area contributed by atoms with Crippen molar-refractivity contribution in [1.29, 1.82) is 0 Å². The van der Waals surface area contributed by atoms with Crippen LogP contribution in [0.3, 0.4) is 0 Å². The first-order valence-electron chi connectivity index (χ1n) is 28.9. The third-order valence-electron chi connectivity index (χ3n) is 12.9. The van der Waals surface area contributed by atoms with Gasteiger partial charge >= 0.3 is 24.0 Å². The molecule has 10 aromatic rings. The lowest BCUT2D eigenvalue weighted by molar-refractivity contribution is 0.0591. The molecule has 16 nitrogen and oxygen atoms in total. The molecule has 0 spiro atoms. The van der Waals surface area contributed by atoms with Crippen molar-refractivity contribution in [3.63, 3.8) is 0 Å². The van der Waals surface area contributed by atoms with Crippen LogP contribution in [-0.2, 0) is 9.47 Å². The molecule has 0 atom stereocenters. The number of Topliss-reactive ketones (excluding diaryl/α,β-unsaturated/α-hetero) is 6. The minimum Gasteiger partial charge on any atom is -0.465 e. The molecule has 10 rings (SSSR count). The molecule has 0 unspecified atom stereocenters. The van der Waals surface area contributed by atoms with Crippen LogP contribution in [-0.4, -0.2) is 77.9 Å². The van der Waals surface area contributed by atoms with E-state index in [9.17, 15) is 47.9 Å². The van der Waals surface area contributed by atoms with Gasteiger partial charge in [-0.25, -0.2) is 19.2 Å². The summed E-state index contributed by atoms with van der Waals surface area (Å²) >= 11 is 1.70. The largest absolute Gasteiger partial charge is 0.465 e. The zero-order chi connectivity index (χ0) is 68.4. The van der Waals surface area contributed by atoms with Gasteiger partial charge in [0.25, 0.3) is 0 Å². The number of carbonyl (C=O) groups is 10. The van der Waals surface area contributed by atoms with Crippen molar-refractivity contribution >= 4 is 76.1 Å². The molecule has 17 heteroatoms. The number of nitrogens with one attached hydrogen (secondary N) is 1. The number of ether oxygens (including phenoxy) is 4. The summed E-state index contributed by atoms with van der Waals surface area (Å²) in [5.74, 6) is -0.209. The molecule has 0 aliphatic heterocycles. The Balaban J connectivity index is 0.000000205. The lowest BCUT2D eigenvalue weighted by atomic mass is 10.0. The van der Waals surface area contributed by atoms with Crippen molar-refractivity contribution in [2.45, 2.75) is 51.3 Å². The van der Waals surface area contributed by atoms with Crippen molar-refractivity contribution < 1.29 is 66.9 Å². The Morgan fingerprint density at radius 1 is 0.309 bits per heavy atom. The van der Waals surface area contributed by atoms with Gasteiger partial charge in [0.2, 0.25) is 0 Å². The Morgan fingerprint density at radius 3 is 1.06 bits per heavy atom. The fraction of sp³-hybridized carbons (Fsp3) is 0.104. The molecule has 0 fully saturated rings. The molecule has 0 saturated carbocycles. The molecule has 1 heterocycles. The molecule has 1 N–H and O–H groups in total. The van der Waals surface area contributed by atoms with Crippen molar-refractivity contribution in [1.82, 2.24) is 4.98 Å². The Morgan fingerprint density at radius 2 is 0.638 bits per heavy atom. The molecule has 476 valence electrons. The van der Waals surface area contributed by atoms with Crippen LogP contribution in [0.25, 0.3) is 11.1 Å². The summed E-state index contributed by atoms with van der Waals surface area (Å²) in [5, 5.41) is 2.58. The van der Waals surface area contributed by atoms with Crippen LogP contribution < -0.4 is 14.8 Å². The molecule has 94 heavy (non-hydrogen) atoms. The number of anilines is 1. The molecule has 1 amide bonds. The maximum atomic E-state index is 11.8. The van der Waals surface area contributed by atoms with Crippen LogP contribution in [0.1, 0.15) is 135 Å². The number of hydrogen-bond acceptors (Lipinski definition) is 16. The van der Waals surface area contributed by atoms with Crippen LogP contribution in [0.4, 0.5) is 10.5 Å². The number of para-hydroxylation sites is 2. The number of esters is 3. The van der Waals surface area contributed by atoms with E-state index in [2.05, 4.69) is 31.9 Å². The second kappa shape index (κ2) is 38.7. The predicted octanol–water partition coefficient (Wildman–Crippen LogP) is 17.0. The fourth-order valence-electron chi connectivity index (χ4n) is 7.79. The van der Waals surface area contributed by atoms with Crippen LogP contribution in [0.2, 0.25) is 0 Å². The van der Waals surface area contributed by atoms with E-state index in [0.29, 0.717) is 56.1 Å². The van der Waals surface area contributed by atoms with Gasteiger partial charge in [0.1, 0.15) is 11.5 Å². The Kier molecular flexibility index (Phi) is 30.0. The van der Waals surface area contributed by atoms with Crippen LogP contribution in [0.15, 0.2) is 271 Å². The lowest BCUT2D eigenvalue weighted by Gasteiger charge is -2.06. The third kappa shape index (κ3) is 25.6. The summed E-state index contributed by atoms with van der Waals surface area (Å²) in [6.45, 7) is 9.06. The Bertz CT molecular complexity index is 4130. The van der Waals surface area contributed by atoms with E-state index in [1.54, 1.807) is 178 Å². The summed E-state index contributed by atoms with van der Waals surface area (Å²) < 4.78 is 19.3. The number of nitrogens with zero attached hydrogens (tertiary/aromatic N) is 1. The number of pyridine rings is 1. The SMILES string of the molecule is CC(=O)c1ccc(-c2ccncc2)cc1.CC(=O)c1ccc(C(=O)Oc2ccccc2)cc1.CC(=O)c1ccc(NC(=O)Oc2ccccc2)cc1.CC(=O)c1ccc(Sc2ccccc2)cc1.COC(=O)c1ccc(C(C)=O)cc1.COC(=O)c1cccc(C(C)=O)c1. The molecular formula is C77H68N2O14S. The highest BCUT2D eigenvalue weighted by atomic mass is 32.2. The van der Waals surface area contributed by atoms with Gasteiger partial charge in [-0.3, -0.25) is 39.1 Å². The van der Waals surface area contributed by atoms with Crippen molar-refractivity contribution in [3.8, 4) is 22.6 Å². The molecule has 9 aromatic carbocycles. The highest BCUT2D eigenvalue weighted by molar-refractivity contribution is 7.99. The number of methoxy groups -OCH3 is 2. The van der Waals surface area contributed by atoms with E-state index in [4.69, 9.17) is 9.47 Å². The second-order valence-corrected chi connectivity index (χ2v) is 21.1. The monoisotopic (exact) mass is 1280 g/mol. The van der Waals surface area contributed by atoms with Gasteiger partial charge in [-0.2, -0.15) is 0 Å². The van der Waals surface area contributed by atoms with Gasteiger partial charge < -0.3 is 18.9 Å². The zero-order valence-electron chi connectivity index (χ0n) is 52.9. The molecule has 0 radical (unpaired) electrons. The maximum absolute atomic E-state index is 11.8. The van der Waals surface area contributed by atoms with Gasteiger partial charge in [-0.1, -0.05) is 139 Å². The first-order valence-corrected chi connectivity index (χ1v) is 29.7. The van der Waals surface area contributed by atoms with E-state index < -0.39 is 24.0 Å². The minimum atomic E-state index is -0.568. The standard InChI is InChI=1S/C15H13NO3.C15H12O3.C14H12OS.C13H11NO.2C10H10O3/c1-11(17)12-7-9-13(10-8-12)16-15(18)19-14-5-3-2-4-6-14;1-11(16)12-7-9-13(10-8-12)15(17)18-14-5-3-2-4-6-14;1-11(15)12-7-9-14(10-8-12)16-13-5-3-2-4-6-13;1-10(15)11-2-4-12(5-3-11)13-6-8-14-9-7-13;1-7(11)8-3-5-9(6-4-8)10(12)13-2;1-7(11)8-4-3-5-9(6-8)10(12)13-2/h2-10H,1H3,(H,16,18);2-10H,1H3;2-10H,1H3;2-9H,1H3;2*3-6H,1-2H3. The normalized spacial score (nSPS) is 9.74. The second-order valence-electron chi connectivity index (χ2n) is 19.9. The number of benzene rings is 9. The number of aromatic nitrogens is 1. The summed E-state index contributed by atoms with van der Waals surface area (Å²) in [7, 11) is 2.63. The summed E-state index contributed by atoms with van der Waals surface area (Å²) in [5.41, 5.74) is 7.84. The lowest BCUT2D eigenvalue weighted by Crippen LogP contribution is -2.16. The number of carbonyl (C=O) groups excluding carboxylic acids is 10. The molecule has 0 saturated heterocycles. The molecule has 0 aliphatic carbocycles. The van der Waals surface area contributed by atoms with Crippen LogP contribution in [0.5, 0.6) is 11.5 Å².